The molecule has 0 aliphatic heterocycles. The zero-order valence-corrected chi connectivity index (χ0v) is 7.75. The van der Waals surface area contributed by atoms with E-state index in [-0.39, 0.29) is 0 Å². The lowest BCUT2D eigenvalue weighted by atomic mass is 9.78. The summed E-state index contributed by atoms with van der Waals surface area (Å²) in [6.45, 7) is 3.71. The topological polar surface area (TPSA) is 0 Å². The lowest BCUT2D eigenvalue weighted by Gasteiger charge is -2.25. The van der Waals surface area contributed by atoms with Gasteiger partial charge in [0.25, 0.3) is 0 Å². The standard InChI is InChI=1S/C14H9/c1-2-10-6-5-9-13-11-7-3-4-8-12(11)14(10)13/h3-9H,1H2. The van der Waals surface area contributed by atoms with Crippen LogP contribution in [0, 0.1) is 6.08 Å². The predicted molar refractivity (Wildman–Crippen MR) is 58.8 cm³/mol. The summed E-state index contributed by atoms with van der Waals surface area (Å²) >= 11 is 0. The fourth-order valence-corrected chi connectivity index (χ4v) is 2.09. The zero-order valence-electron chi connectivity index (χ0n) is 7.75. The highest BCUT2D eigenvalue weighted by molar-refractivity contribution is 6.04. The van der Waals surface area contributed by atoms with Gasteiger partial charge < -0.3 is 0 Å². The molecule has 3 rings (SSSR count). The fourth-order valence-electron chi connectivity index (χ4n) is 2.09. The first-order chi connectivity index (χ1) is 6.92. The van der Waals surface area contributed by atoms with E-state index in [0.29, 0.717) is 0 Å². The minimum absolute atomic E-state index is 1.11. The van der Waals surface area contributed by atoms with Gasteiger partial charge in [-0.2, -0.15) is 0 Å². The van der Waals surface area contributed by atoms with E-state index in [9.17, 15) is 0 Å². The van der Waals surface area contributed by atoms with Gasteiger partial charge in [-0.15, -0.1) is 0 Å². The molecule has 0 bridgehead atoms. The van der Waals surface area contributed by atoms with Crippen LogP contribution in [0.5, 0.6) is 0 Å². The van der Waals surface area contributed by atoms with E-state index in [1.165, 1.54) is 22.3 Å². The normalized spacial score (nSPS) is 11.1. The third kappa shape index (κ3) is 0.779. The molecule has 0 heteroatoms. The molecule has 0 saturated heterocycles. The molecule has 0 saturated carbocycles. The summed E-state index contributed by atoms with van der Waals surface area (Å²) in [7, 11) is 0. The van der Waals surface area contributed by atoms with Gasteiger partial charge >= 0.3 is 0 Å². The molecule has 1 aliphatic carbocycles. The van der Waals surface area contributed by atoms with Crippen LogP contribution in [0.1, 0.15) is 5.56 Å². The van der Waals surface area contributed by atoms with Gasteiger partial charge in [0.1, 0.15) is 0 Å². The third-order valence-corrected chi connectivity index (χ3v) is 2.74. The molecule has 0 nitrogen and oxygen atoms in total. The first-order valence-corrected chi connectivity index (χ1v) is 4.67. The van der Waals surface area contributed by atoms with Gasteiger partial charge in [0.15, 0.2) is 0 Å². The van der Waals surface area contributed by atoms with Crippen molar-refractivity contribution in [1.29, 1.82) is 0 Å². The second-order valence-electron chi connectivity index (χ2n) is 3.45. The molecule has 1 aliphatic rings. The van der Waals surface area contributed by atoms with E-state index in [0.717, 1.165) is 5.56 Å². The quantitative estimate of drug-likeness (QED) is 0.532. The van der Waals surface area contributed by atoms with Gasteiger partial charge in [-0.3, -0.25) is 0 Å². The molecular formula is C14H9. The minimum Gasteiger partial charge on any atom is -0.0905 e. The molecular weight excluding hydrogens is 168 g/mol. The van der Waals surface area contributed by atoms with Crippen LogP contribution in [-0.2, 0) is 0 Å². The van der Waals surface area contributed by atoms with Gasteiger partial charge in [-0.05, 0) is 33.9 Å². The van der Waals surface area contributed by atoms with E-state index < -0.39 is 0 Å². The summed E-state index contributed by atoms with van der Waals surface area (Å²) in [5, 5.41) is 0. The molecule has 0 N–H and O–H groups in total. The number of hydrogen-bond acceptors (Lipinski definition) is 0. The Kier molecular flexibility index (Phi) is 1.40. The first kappa shape index (κ1) is 7.57. The van der Waals surface area contributed by atoms with Crippen molar-refractivity contribution in [2.75, 3.05) is 0 Å². The van der Waals surface area contributed by atoms with Crippen molar-refractivity contribution >= 4 is 0 Å². The van der Waals surface area contributed by atoms with Crippen molar-refractivity contribution in [2.24, 2.45) is 0 Å². The van der Waals surface area contributed by atoms with Crippen LogP contribution in [-0.4, -0.2) is 0 Å². The Morgan fingerprint density at radius 2 is 1.50 bits per heavy atom. The summed E-state index contributed by atoms with van der Waals surface area (Å²) in [6.07, 6.45) is 2.98. The summed E-state index contributed by atoms with van der Waals surface area (Å²) in [4.78, 5) is 0. The van der Waals surface area contributed by atoms with Gasteiger partial charge in [0.05, 0.1) is 0 Å². The van der Waals surface area contributed by atoms with E-state index in [1.54, 1.807) is 0 Å². The second kappa shape index (κ2) is 2.58. The fraction of sp³-hybridized carbons (Fsp3) is 0. The summed E-state index contributed by atoms with van der Waals surface area (Å²) < 4.78 is 0. The smallest absolute Gasteiger partial charge is 0.00204 e. The SMILES string of the molecule is C=[C]c1cccc2c1-c1ccccc1-2. The molecule has 0 aromatic heterocycles. The Hall–Kier alpha value is -1.82. The second-order valence-corrected chi connectivity index (χ2v) is 3.45. The highest BCUT2D eigenvalue weighted by atomic mass is 14.3. The Morgan fingerprint density at radius 1 is 0.786 bits per heavy atom. The molecule has 14 heavy (non-hydrogen) atoms. The number of hydrogen-bond donors (Lipinski definition) is 0. The largest absolute Gasteiger partial charge is 0.0905 e. The highest BCUT2D eigenvalue weighted by Crippen LogP contribution is 2.48. The lowest BCUT2D eigenvalue weighted by molar-refractivity contribution is 1.47. The van der Waals surface area contributed by atoms with Crippen molar-refractivity contribution in [3.63, 3.8) is 0 Å². The molecule has 1 radical (unpaired) electrons. The van der Waals surface area contributed by atoms with E-state index in [2.05, 4.69) is 55.1 Å². The maximum absolute atomic E-state index is 3.71. The van der Waals surface area contributed by atoms with Gasteiger partial charge in [0.2, 0.25) is 0 Å². The summed E-state index contributed by atoms with van der Waals surface area (Å²) in [5.74, 6) is 0. The van der Waals surface area contributed by atoms with Gasteiger partial charge in [-0.1, -0.05) is 49.0 Å². The van der Waals surface area contributed by atoms with Crippen LogP contribution in [0.3, 0.4) is 0 Å². The Bertz CT molecular complexity index is 521. The van der Waals surface area contributed by atoms with Crippen LogP contribution < -0.4 is 0 Å². The molecule has 0 amide bonds. The first-order valence-electron chi connectivity index (χ1n) is 4.67. The van der Waals surface area contributed by atoms with Crippen molar-refractivity contribution in [3.8, 4) is 22.3 Å². The molecule has 2 aromatic rings. The third-order valence-electron chi connectivity index (χ3n) is 2.74. The molecule has 0 fully saturated rings. The average Bonchev–Trinajstić information content (AvgIpc) is 2.24. The number of benzene rings is 2. The summed E-state index contributed by atoms with van der Waals surface area (Å²) in [6, 6.07) is 14.7. The van der Waals surface area contributed by atoms with Crippen molar-refractivity contribution in [2.45, 2.75) is 0 Å². The van der Waals surface area contributed by atoms with E-state index in [4.69, 9.17) is 0 Å². The van der Waals surface area contributed by atoms with Crippen LogP contribution >= 0.6 is 0 Å². The van der Waals surface area contributed by atoms with E-state index >= 15 is 0 Å². The highest BCUT2D eigenvalue weighted by Gasteiger charge is 2.22. The van der Waals surface area contributed by atoms with Crippen molar-refractivity contribution in [1.82, 2.24) is 0 Å². The lowest BCUT2D eigenvalue weighted by Crippen LogP contribution is -2.00. The average molecular weight is 177 g/mol. The van der Waals surface area contributed by atoms with Crippen LogP contribution in [0.2, 0.25) is 0 Å². The molecule has 2 aromatic carbocycles. The Labute approximate surface area is 83.5 Å². The minimum atomic E-state index is 1.11. The Morgan fingerprint density at radius 3 is 2.29 bits per heavy atom. The van der Waals surface area contributed by atoms with Crippen LogP contribution in [0.25, 0.3) is 22.3 Å². The molecule has 0 heterocycles. The number of rotatable bonds is 1. The number of fused-ring (bicyclic) bond motifs is 4. The van der Waals surface area contributed by atoms with E-state index in [1.807, 2.05) is 0 Å². The Balaban J connectivity index is 2.33. The van der Waals surface area contributed by atoms with Gasteiger partial charge in [-0.25, -0.2) is 0 Å². The van der Waals surface area contributed by atoms with Crippen LogP contribution in [0.15, 0.2) is 49.0 Å². The molecule has 65 valence electrons. The zero-order chi connectivity index (χ0) is 9.54. The monoisotopic (exact) mass is 177 g/mol. The predicted octanol–water partition coefficient (Wildman–Crippen LogP) is 3.67. The maximum Gasteiger partial charge on any atom is -0.00204 e. The maximum atomic E-state index is 3.71. The molecule has 0 unspecified atom stereocenters. The molecule has 0 atom stereocenters. The van der Waals surface area contributed by atoms with Crippen LogP contribution in [0.4, 0.5) is 0 Å². The van der Waals surface area contributed by atoms with Crippen molar-refractivity contribution < 1.29 is 0 Å². The summed E-state index contributed by atoms with van der Waals surface area (Å²) in [5.41, 5.74) is 6.42. The van der Waals surface area contributed by atoms with Crippen molar-refractivity contribution in [3.05, 3.63) is 60.7 Å². The molecule has 0 spiro atoms. The van der Waals surface area contributed by atoms with Gasteiger partial charge in [0, 0.05) is 0 Å².